The van der Waals surface area contributed by atoms with Crippen LogP contribution in [0.4, 0.5) is 5.69 Å². The molecule has 0 aliphatic carbocycles. The van der Waals surface area contributed by atoms with Gasteiger partial charge in [-0.15, -0.1) is 0 Å². The Hall–Kier alpha value is -1.65. The molecule has 2 aromatic carbocycles. The average Bonchev–Trinajstić information content (AvgIpc) is 2.39. The number of rotatable bonds is 4. The summed E-state index contributed by atoms with van der Waals surface area (Å²) in [6, 6.07) is 18.0. The van der Waals surface area contributed by atoms with Crippen LogP contribution >= 0.6 is 0 Å². The Morgan fingerprint density at radius 1 is 1.05 bits per heavy atom. The highest BCUT2D eigenvalue weighted by molar-refractivity contribution is 5.69. The molecule has 0 heterocycles. The zero-order chi connectivity index (χ0) is 14.6. The predicted molar refractivity (Wildman–Crippen MR) is 81.5 cm³/mol. The second kappa shape index (κ2) is 7.38. The number of benzene rings is 2. The van der Waals surface area contributed by atoms with Crippen molar-refractivity contribution in [1.82, 2.24) is 4.48 Å². The van der Waals surface area contributed by atoms with Gasteiger partial charge in [0.1, 0.15) is 18.0 Å². The van der Waals surface area contributed by atoms with Gasteiger partial charge in [-0.2, -0.15) is 0 Å². The molecule has 0 N–H and O–H groups in total. The molecule has 112 valence electrons. The van der Waals surface area contributed by atoms with Crippen LogP contribution in [-0.2, 0) is 11.3 Å². The highest BCUT2D eigenvalue weighted by atomic mass is 79.9. The van der Waals surface area contributed by atoms with Crippen LogP contribution in [0.15, 0.2) is 54.6 Å². The van der Waals surface area contributed by atoms with Crippen molar-refractivity contribution >= 4 is 11.7 Å². The monoisotopic (exact) mass is 349 g/mol. The number of hydrogen-bond acceptors (Lipinski definition) is 2. The van der Waals surface area contributed by atoms with Crippen LogP contribution in [0.2, 0.25) is 0 Å². The first-order valence-corrected chi connectivity index (χ1v) is 6.63. The summed E-state index contributed by atoms with van der Waals surface area (Å²) in [5, 5.41) is 0. The first kappa shape index (κ1) is 17.4. The molecule has 0 fully saturated rings. The Labute approximate surface area is 136 Å². The Kier molecular flexibility index (Phi) is 6.12. The summed E-state index contributed by atoms with van der Waals surface area (Å²) >= 11 is 0. The maximum Gasteiger partial charge on any atom is 0.308 e. The minimum atomic E-state index is -0.296. The Balaban J connectivity index is 0.00000220. The van der Waals surface area contributed by atoms with Crippen molar-refractivity contribution in [3.8, 4) is 5.75 Å². The molecule has 4 heteroatoms. The maximum atomic E-state index is 11.0. The van der Waals surface area contributed by atoms with Gasteiger partial charge in [0.15, 0.2) is 0 Å². The van der Waals surface area contributed by atoms with Crippen molar-refractivity contribution in [1.29, 1.82) is 0 Å². The summed E-state index contributed by atoms with van der Waals surface area (Å²) in [7, 11) is 4.28. The van der Waals surface area contributed by atoms with Gasteiger partial charge in [-0.1, -0.05) is 36.4 Å². The van der Waals surface area contributed by atoms with Crippen LogP contribution in [0.1, 0.15) is 12.5 Å². The van der Waals surface area contributed by atoms with E-state index in [-0.39, 0.29) is 23.0 Å². The quantitative estimate of drug-likeness (QED) is 0.453. The van der Waals surface area contributed by atoms with Crippen LogP contribution in [0.25, 0.3) is 0 Å². The standard InChI is InChI=1S/C17H20NO2.BrH/c1-14(19)20-17-11-7-10-16(12-17)18(2,3)13-15-8-5-4-6-9-15;/h4-12H,13H2,1-3H3;1H/q+1;/p-1. The van der Waals surface area contributed by atoms with Gasteiger partial charge in [-0.3, -0.25) is 9.28 Å². The number of hydrogen-bond donors (Lipinski definition) is 0. The van der Waals surface area contributed by atoms with E-state index in [1.807, 2.05) is 30.3 Å². The van der Waals surface area contributed by atoms with Gasteiger partial charge < -0.3 is 21.7 Å². The van der Waals surface area contributed by atoms with E-state index >= 15 is 0 Å². The predicted octanol–water partition coefficient (Wildman–Crippen LogP) is 0.383. The molecule has 0 bridgehead atoms. The van der Waals surface area contributed by atoms with E-state index in [9.17, 15) is 4.79 Å². The normalized spacial score (nSPS) is 10.6. The van der Waals surface area contributed by atoms with Crippen LogP contribution in [0.3, 0.4) is 0 Å². The number of ether oxygens (including phenoxy) is 1. The van der Waals surface area contributed by atoms with Gasteiger partial charge in [0.2, 0.25) is 0 Å². The lowest BCUT2D eigenvalue weighted by Gasteiger charge is -2.29. The summed E-state index contributed by atoms with van der Waals surface area (Å²) in [5.41, 5.74) is 2.38. The number of quaternary nitrogens is 1. The van der Waals surface area contributed by atoms with Crippen LogP contribution in [0.5, 0.6) is 5.75 Å². The van der Waals surface area contributed by atoms with Crippen LogP contribution in [-0.4, -0.2) is 20.1 Å². The molecular weight excluding hydrogens is 330 g/mol. The van der Waals surface area contributed by atoms with Crippen molar-refractivity contribution in [2.75, 3.05) is 14.1 Å². The second-order valence-corrected chi connectivity index (χ2v) is 5.42. The molecule has 2 aromatic rings. The topological polar surface area (TPSA) is 26.3 Å². The highest BCUT2D eigenvalue weighted by Gasteiger charge is 2.20. The Morgan fingerprint density at radius 3 is 2.33 bits per heavy atom. The van der Waals surface area contributed by atoms with E-state index in [4.69, 9.17) is 4.74 Å². The lowest BCUT2D eigenvalue weighted by Crippen LogP contribution is -3.00. The second-order valence-electron chi connectivity index (χ2n) is 5.42. The van der Waals surface area contributed by atoms with Crippen molar-refractivity contribution in [3.05, 3.63) is 60.2 Å². The summed E-state index contributed by atoms with van der Waals surface area (Å²) < 4.78 is 5.84. The summed E-state index contributed by atoms with van der Waals surface area (Å²) in [6.07, 6.45) is 0. The van der Waals surface area contributed by atoms with Gasteiger partial charge in [-0.25, -0.2) is 0 Å². The van der Waals surface area contributed by atoms with Gasteiger partial charge in [-0.05, 0) is 12.1 Å². The molecule has 2 rings (SSSR count). The largest absolute Gasteiger partial charge is 1.00 e. The lowest BCUT2D eigenvalue weighted by atomic mass is 10.1. The third-order valence-electron chi connectivity index (χ3n) is 3.20. The van der Waals surface area contributed by atoms with Gasteiger partial charge >= 0.3 is 5.97 Å². The van der Waals surface area contributed by atoms with E-state index in [2.05, 4.69) is 32.3 Å². The lowest BCUT2D eigenvalue weighted by molar-refractivity contribution is -0.131. The van der Waals surface area contributed by atoms with E-state index in [1.54, 1.807) is 6.07 Å². The average molecular weight is 350 g/mol. The fourth-order valence-corrected chi connectivity index (χ4v) is 2.22. The third-order valence-corrected chi connectivity index (χ3v) is 3.20. The SMILES string of the molecule is CC(=O)Oc1cccc([N+](C)(C)Cc2ccccc2)c1.[Br-]. The minimum absolute atomic E-state index is 0. The molecule has 0 atom stereocenters. The number of nitrogens with zero attached hydrogens (tertiary/aromatic N) is 1. The van der Waals surface area contributed by atoms with Crippen molar-refractivity contribution in [2.45, 2.75) is 13.5 Å². The zero-order valence-electron chi connectivity index (χ0n) is 12.5. The number of carbonyl (C=O) groups is 1. The zero-order valence-corrected chi connectivity index (χ0v) is 14.1. The molecule has 0 aromatic heterocycles. The molecule has 0 spiro atoms. The molecule has 0 aliphatic heterocycles. The summed E-state index contributed by atoms with van der Waals surface area (Å²) in [6.45, 7) is 2.29. The van der Waals surface area contributed by atoms with Crippen molar-refractivity contribution < 1.29 is 26.5 Å². The Bertz CT molecular complexity index is 597. The molecular formula is C17H20BrNO2. The summed E-state index contributed by atoms with van der Waals surface area (Å²) in [4.78, 5) is 11.0. The molecule has 0 saturated carbocycles. The Morgan fingerprint density at radius 2 is 1.71 bits per heavy atom. The van der Waals surface area contributed by atoms with Gasteiger partial charge in [0.05, 0.1) is 14.1 Å². The first-order valence-electron chi connectivity index (χ1n) is 6.63. The molecule has 0 amide bonds. The first-order chi connectivity index (χ1) is 9.47. The minimum Gasteiger partial charge on any atom is -1.00 e. The van der Waals surface area contributed by atoms with Gasteiger partial charge in [0.25, 0.3) is 0 Å². The fourth-order valence-electron chi connectivity index (χ4n) is 2.22. The van der Waals surface area contributed by atoms with Crippen molar-refractivity contribution in [2.24, 2.45) is 0 Å². The van der Waals surface area contributed by atoms with E-state index in [0.29, 0.717) is 10.2 Å². The number of carbonyl (C=O) groups excluding carboxylic acids is 1. The van der Waals surface area contributed by atoms with E-state index in [1.165, 1.54) is 12.5 Å². The molecule has 21 heavy (non-hydrogen) atoms. The van der Waals surface area contributed by atoms with E-state index in [0.717, 1.165) is 12.2 Å². The molecule has 3 nitrogen and oxygen atoms in total. The molecule has 0 saturated heterocycles. The van der Waals surface area contributed by atoms with Crippen LogP contribution in [0, 0.1) is 0 Å². The van der Waals surface area contributed by atoms with Crippen LogP contribution < -0.4 is 26.2 Å². The summed E-state index contributed by atoms with van der Waals surface area (Å²) in [5.74, 6) is 0.296. The highest BCUT2D eigenvalue weighted by Crippen LogP contribution is 2.26. The van der Waals surface area contributed by atoms with Crippen molar-refractivity contribution in [3.63, 3.8) is 0 Å². The molecule has 0 aliphatic rings. The maximum absolute atomic E-state index is 11.0. The fraction of sp³-hybridized carbons (Fsp3) is 0.235. The smallest absolute Gasteiger partial charge is 0.308 e. The number of halogens is 1. The van der Waals surface area contributed by atoms with E-state index < -0.39 is 0 Å². The molecule has 0 unspecified atom stereocenters. The number of esters is 1. The third kappa shape index (κ3) is 4.99. The molecule has 0 radical (unpaired) electrons. The van der Waals surface area contributed by atoms with Gasteiger partial charge in [0, 0.05) is 18.6 Å².